The Morgan fingerprint density at radius 3 is 1.43 bits per heavy atom. The molecule has 524 valence electrons. The molecule has 30 nitrogen and oxygen atoms in total. The molecule has 32 heteroatoms. The van der Waals surface area contributed by atoms with Crippen LogP contribution in [0, 0.1) is 0 Å². The maximum Gasteiger partial charge on any atom is 0.483 e. The number of amides is 2. The van der Waals surface area contributed by atoms with E-state index in [0.29, 0.717) is 114 Å². The Kier molecular flexibility index (Phi) is 22.5. The third-order valence-corrected chi connectivity index (χ3v) is 17.2. The maximum atomic E-state index is 12.7. The van der Waals surface area contributed by atoms with Crippen LogP contribution >= 0.6 is 15.9 Å². The van der Waals surface area contributed by atoms with Crippen molar-refractivity contribution in [3.63, 3.8) is 0 Å². The summed E-state index contributed by atoms with van der Waals surface area (Å²) in [4.78, 5) is 50.5. The summed E-state index contributed by atoms with van der Waals surface area (Å²) in [5.74, 6) is 6.62. The second-order valence-electron chi connectivity index (χ2n) is 25.4. The van der Waals surface area contributed by atoms with Gasteiger partial charge in [-0.15, -0.1) is 10.2 Å². The van der Waals surface area contributed by atoms with Crippen LogP contribution in [-0.4, -0.2) is 216 Å². The van der Waals surface area contributed by atoms with Gasteiger partial charge in [-0.1, -0.05) is 12.2 Å². The van der Waals surface area contributed by atoms with E-state index in [1.165, 1.54) is 4.90 Å². The fourth-order valence-corrected chi connectivity index (χ4v) is 12.1. The number of aliphatic hydroxyl groups is 2. The molecule has 2 amide bonds. The zero-order valence-electron chi connectivity index (χ0n) is 57.2. The quantitative estimate of drug-likeness (QED) is 0.0438. The minimum atomic E-state index is -1.42. The van der Waals surface area contributed by atoms with Gasteiger partial charge >= 0.3 is 19.3 Å². The number of rotatable bonds is 18. The predicted molar refractivity (Wildman–Crippen MR) is 373 cm³/mol. The Morgan fingerprint density at radius 2 is 1.03 bits per heavy atom. The molecule has 6 aromatic heterocycles. The number of benzene rings is 2. The molecule has 2 fully saturated rings. The van der Waals surface area contributed by atoms with Crippen molar-refractivity contribution in [3.8, 4) is 45.9 Å². The fourth-order valence-electron chi connectivity index (χ4n) is 11.7. The normalized spacial score (nSPS) is 16.3. The largest absolute Gasteiger partial charge is 0.493 e. The second-order valence-corrected chi connectivity index (χ2v) is 26.2. The number of carbonyl (C=O) groups excluding carboxylic acids is 2. The Balaban J connectivity index is 0.000000178. The van der Waals surface area contributed by atoms with Gasteiger partial charge in [0.05, 0.1) is 97.4 Å². The number of anilines is 6. The molecule has 2 saturated heterocycles. The molecular formula is C66H86BBrN16O14. The molecule has 4 aliphatic rings. The van der Waals surface area contributed by atoms with Crippen LogP contribution in [0.2, 0.25) is 0 Å². The van der Waals surface area contributed by atoms with Crippen LogP contribution in [0.3, 0.4) is 0 Å². The van der Waals surface area contributed by atoms with Crippen molar-refractivity contribution in [2.75, 3.05) is 116 Å². The zero-order valence-corrected chi connectivity index (χ0v) is 58.8. The van der Waals surface area contributed by atoms with E-state index in [4.69, 9.17) is 68.1 Å². The van der Waals surface area contributed by atoms with E-state index in [0.717, 1.165) is 77.1 Å². The van der Waals surface area contributed by atoms with E-state index in [2.05, 4.69) is 47.5 Å². The standard InChI is InChI=1S/C33H42N8O6.C23H26BrN7O4.C10H18BNO4/c1-33(2,3)47-32(43)38-14-11-21(12-15-38)24-9-10-25-30(36-31(37-41(24)25)40-13-7-8-22(40)19-42)35-28-18-39(20-34-28)23-16-26(44-4)29(46-6)27(17-23)45-5;1-33-17-9-15(10-18(34-2)21(17)35-3)29-11-20(25-13-29)26-22-16-6-7-19(24)31(16)28-23(27-22)30-8-4-5-14(30)12-32;1-10(2,3)16-9(13)12-6-4-8(5-7-12)11(14)15/h9-11,16-18,20,22,42H,7-8,12-15,19H2,1-6H3,(H,35,36,37);6-7,9-11,13-14,32H,4-5,8,12H2,1-3H3,(H,26,27,28);4,14-15H,5-7H2,1-3H3/t22-;14-;/m00./s1. The lowest BCUT2D eigenvalue weighted by Gasteiger charge is -2.29. The lowest BCUT2D eigenvalue weighted by molar-refractivity contribution is 0.0257. The number of carbonyl (C=O) groups is 2. The highest BCUT2D eigenvalue weighted by Gasteiger charge is 2.32. The topological polar surface area (TPSA) is 322 Å². The van der Waals surface area contributed by atoms with E-state index in [1.54, 1.807) is 70.8 Å². The number of hydrogen-bond acceptors (Lipinski definition) is 24. The highest BCUT2D eigenvalue weighted by Crippen LogP contribution is 2.42. The monoisotopic (exact) mass is 1420 g/mol. The van der Waals surface area contributed by atoms with Crippen LogP contribution in [0.5, 0.6) is 34.5 Å². The molecule has 8 aromatic rings. The minimum absolute atomic E-state index is 0.00822. The molecule has 0 radical (unpaired) electrons. The first-order valence-corrected chi connectivity index (χ1v) is 32.9. The Labute approximate surface area is 576 Å². The molecule has 0 bridgehead atoms. The van der Waals surface area contributed by atoms with Gasteiger partial charge in [0.15, 0.2) is 34.6 Å². The van der Waals surface area contributed by atoms with Gasteiger partial charge < -0.3 is 97.5 Å². The SMILES string of the molecule is CC(C)(C)OC(=O)N1CC=C(B(O)O)CC1.COc1cc(-n2cnc(Nc3nc(N4CCC[C@H]4CO)nn4c(Br)ccc34)c2)cc(OC)c1OC.COc1cc(-n2cnc(Nc3nc(N4CCC[C@H]4CO)nn4c(C5=CCN(C(=O)OC(C)(C)C)CC5)ccc34)c2)cc(OC)c1OC. The Bertz CT molecular complexity index is 4130. The van der Waals surface area contributed by atoms with Crippen molar-refractivity contribution in [1.29, 1.82) is 0 Å². The van der Waals surface area contributed by atoms with Gasteiger partial charge in [-0.05, 0) is 131 Å². The second kappa shape index (κ2) is 30.9. The van der Waals surface area contributed by atoms with Gasteiger partial charge in [0.2, 0.25) is 23.4 Å². The van der Waals surface area contributed by atoms with Crippen LogP contribution in [0.1, 0.15) is 85.8 Å². The average molecular weight is 1420 g/mol. The molecule has 4 aliphatic heterocycles. The summed E-state index contributed by atoms with van der Waals surface area (Å²) in [6.07, 6.45) is 14.9. The van der Waals surface area contributed by atoms with Crippen molar-refractivity contribution < 1.29 is 67.7 Å². The van der Waals surface area contributed by atoms with Gasteiger partial charge in [0, 0.05) is 63.5 Å². The summed E-state index contributed by atoms with van der Waals surface area (Å²) >= 11 is 3.56. The average Bonchev–Trinajstić information content (AvgIpc) is 1.60. The lowest BCUT2D eigenvalue weighted by atomic mass is 9.76. The van der Waals surface area contributed by atoms with Crippen molar-refractivity contribution in [2.45, 2.75) is 103 Å². The summed E-state index contributed by atoms with van der Waals surface area (Å²) in [5, 5.41) is 54.1. The Hall–Kier alpha value is -9.50. The van der Waals surface area contributed by atoms with Crippen LogP contribution < -0.4 is 48.9 Å². The number of nitrogens with one attached hydrogen (secondary N) is 2. The molecule has 0 saturated carbocycles. The van der Waals surface area contributed by atoms with E-state index in [9.17, 15) is 19.8 Å². The molecule has 10 heterocycles. The predicted octanol–water partition coefficient (Wildman–Crippen LogP) is 8.64. The molecule has 98 heavy (non-hydrogen) atoms. The fraction of sp³-hybridized carbons (Fsp3) is 0.455. The summed E-state index contributed by atoms with van der Waals surface area (Å²) in [6, 6.07) is 15.2. The van der Waals surface area contributed by atoms with Crippen molar-refractivity contribution in [1.82, 2.24) is 58.1 Å². The molecule has 0 unspecified atom stereocenters. The van der Waals surface area contributed by atoms with Crippen LogP contribution in [0.15, 0.2) is 95.8 Å². The highest BCUT2D eigenvalue weighted by molar-refractivity contribution is 9.10. The van der Waals surface area contributed by atoms with Crippen LogP contribution in [-0.2, 0) is 9.47 Å². The van der Waals surface area contributed by atoms with Gasteiger partial charge in [0.1, 0.15) is 51.1 Å². The molecule has 2 atom stereocenters. The Morgan fingerprint density at radius 1 is 0.592 bits per heavy atom. The summed E-state index contributed by atoms with van der Waals surface area (Å²) in [6.45, 7) is 14.5. The minimum Gasteiger partial charge on any atom is -0.493 e. The number of aliphatic hydroxyl groups excluding tert-OH is 2. The van der Waals surface area contributed by atoms with E-state index >= 15 is 0 Å². The lowest BCUT2D eigenvalue weighted by Crippen LogP contribution is -2.40. The maximum absolute atomic E-state index is 12.7. The number of ether oxygens (including phenoxy) is 8. The molecule has 0 spiro atoms. The first-order valence-electron chi connectivity index (χ1n) is 32.1. The number of nitrogens with zero attached hydrogens (tertiary/aromatic N) is 14. The van der Waals surface area contributed by atoms with Gasteiger partial charge in [0.25, 0.3) is 0 Å². The number of methoxy groups -OCH3 is 6. The smallest absolute Gasteiger partial charge is 0.483 e. The number of imidazole rings is 2. The highest BCUT2D eigenvalue weighted by atomic mass is 79.9. The first kappa shape index (κ1) is 71.3. The van der Waals surface area contributed by atoms with E-state index < -0.39 is 18.3 Å². The molecular weight excluding hydrogens is 1330 g/mol. The van der Waals surface area contributed by atoms with Crippen LogP contribution in [0.4, 0.5) is 44.8 Å². The van der Waals surface area contributed by atoms with E-state index in [-0.39, 0.29) is 37.5 Å². The van der Waals surface area contributed by atoms with Crippen molar-refractivity contribution in [3.05, 3.63) is 102 Å². The zero-order chi connectivity index (χ0) is 70.2. The number of hydrogen-bond donors (Lipinski definition) is 6. The van der Waals surface area contributed by atoms with Gasteiger partial charge in [-0.2, -0.15) is 9.97 Å². The summed E-state index contributed by atoms with van der Waals surface area (Å²) < 4.78 is 51.9. The first-order chi connectivity index (χ1) is 47.0. The van der Waals surface area contributed by atoms with Crippen LogP contribution in [0.25, 0.3) is 28.0 Å². The van der Waals surface area contributed by atoms with E-state index in [1.807, 2.05) is 121 Å². The molecule has 2 aromatic carbocycles. The molecule has 0 aliphatic carbocycles. The van der Waals surface area contributed by atoms with Gasteiger partial charge in [-0.3, -0.25) is 0 Å². The number of aromatic nitrogens is 10. The molecule has 12 rings (SSSR count). The number of fused-ring (bicyclic) bond motifs is 2. The van der Waals surface area contributed by atoms with Crippen molar-refractivity contribution in [2.24, 2.45) is 0 Å². The summed E-state index contributed by atoms with van der Waals surface area (Å²) in [5.41, 5.74) is 4.61. The molecule has 6 N–H and O–H groups in total. The number of halogens is 1. The summed E-state index contributed by atoms with van der Waals surface area (Å²) in [7, 11) is 8.04. The third kappa shape index (κ3) is 16.4. The van der Waals surface area contributed by atoms with Gasteiger partial charge in [-0.25, -0.2) is 28.6 Å². The third-order valence-electron chi connectivity index (χ3n) is 16.6. The van der Waals surface area contributed by atoms with Crippen molar-refractivity contribution >= 4 is 87.0 Å².